The van der Waals surface area contributed by atoms with Crippen molar-refractivity contribution in [2.45, 2.75) is 19.8 Å². The lowest BCUT2D eigenvalue weighted by molar-refractivity contribution is -0.116. The maximum Gasteiger partial charge on any atom is 0.130 e. The van der Waals surface area contributed by atoms with Gasteiger partial charge in [0.1, 0.15) is 17.4 Å². The van der Waals surface area contributed by atoms with Crippen molar-refractivity contribution < 1.29 is 13.6 Å². The molecule has 0 spiro atoms. The van der Waals surface area contributed by atoms with Crippen molar-refractivity contribution in [3.05, 3.63) is 34.4 Å². The van der Waals surface area contributed by atoms with Crippen LogP contribution in [-0.4, -0.2) is 5.78 Å². The van der Waals surface area contributed by atoms with Gasteiger partial charge in [0.25, 0.3) is 0 Å². The second-order valence-electron chi connectivity index (χ2n) is 3.05. The van der Waals surface area contributed by atoms with Gasteiger partial charge < -0.3 is 4.79 Å². The highest BCUT2D eigenvalue weighted by molar-refractivity contribution is 6.30. The molecule has 4 heteroatoms. The molecule has 0 aromatic heterocycles. The average molecular weight is 219 g/mol. The molecule has 0 aliphatic heterocycles. The van der Waals surface area contributed by atoms with Crippen LogP contribution in [0.15, 0.2) is 12.1 Å². The van der Waals surface area contributed by atoms with Crippen molar-refractivity contribution >= 4 is 17.4 Å². The number of ketones is 1. The minimum absolute atomic E-state index is 0.0200. The van der Waals surface area contributed by atoms with Crippen LogP contribution in [0, 0.1) is 11.6 Å². The van der Waals surface area contributed by atoms with E-state index < -0.39 is 11.6 Å². The summed E-state index contributed by atoms with van der Waals surface area (Å²) in [7, 11) is 0. The summed E-state index contributed by atoms with van der Waals surface area (Å²) in [5, 5.41) is 0.0200. The van der Waals surface area contributed by atoms with Crippen molar-refractivity contribution in [1.29, 1.82) is 0 Å². The third-order valence-corrected chi connectivity index (χ3v) is 2.05. The number of Topliss-reactive ketones (excluding diaryl/α,β-unsaturated/α-hetero) is 1. The van der Waals surface area contributed by atoms with Crippen molar-refractivity contribution in [2.75, 3.05) is 0 Å². The maximum absolute atomic E-state index is 13.1. The predicted octanol–water partition coefficient (Wildman–Crippen LogP) is 3.14. The Morgan fingerprint density at radius 2 is 1.86 bits per heavy atom. The highest BCUT2D eigenvalue weighted by atomic mass is 35.5. The van der Waals surface area contributed by atoms with Gasteiger partial charge in [0, 0.05) is 17.0 Å². The Hall–Kier alpha value is -0.960. The fraction of sp³-hybridized carbons (Fsp3) is 0.300. The summed E-state index contributed by atoms with van der Waals surface area (Å²) < 4.78 is 26.3. The summed E-state index contributed by atoms with van der Waals surface area (Å²) in [5.74, 6) is -1.49. The molecule has 0 unspecified atom stereocenters. The van der Waals surface area contributed by atoms with Gasteiger partial charge in [-0.15, -0.1) is 0 Å². The van der Waals surface area contributed by atoms with Crippen LogP contribution in [0.2, 0.25) is 5.02 Å². The van der Waals surface area contributed by atoms with Gasteiger partial charge in [-0.25, -0.2) is 8.78 Å². The van der Waals surface area contributed by atoms with E-state index in [1.54, 1.807) is 0 Å². The first-order valence-corrected chi connectivity index (χ1v) is 4.51. The van der Waals surface area contributed by atoms with E-state index in [-0.39, 0.29) is 29.2 Å². The van der Waals surface area contributed by atoms with Crippen molar-refractivity contribution in [2.24, 2.45) is 0 Å². The highest BCUT2D eigenvalue weighted by Gasteiger charge is 2.10. The third-order valence-electron chi connectivity index (χ3n) is 1.83. The molecule has 0 fully saturated rings. The molecule has 0 heterocycles. The van der Waals surface area contributed by atoms with Crippen LogP contribution in [0.4, 0.5) is 8.78 Å². The van der Waals surface area contributed by atoms with Crippen LogP contribution in [-0.2, 0) is 11.2 Å². The lowest BCUT2D eigenvalue weighted by atomic mass is 10.1. The molecule has 0 atom stereocenters. The molecule has 1 rings (SSSR count). The van der Waals surface area contributed by atoms with E-state index in [2.05, 4.69) is 0 Å². The van der Waals surface area contributed by atoms with E-state index in [1.807, 2.05) is 0 Å². The van der Waals surface area contributed by atoms with Crippen LogP contribution in [0.5, 0.6) is 0 Å². The molecule has 0 amide bonds. The third kappa shape index (κ3) is 2.77. The van der Waals surface area contributed by atoms with Gasteiger partial charge in [0.2, 0.25) is 0 Å². The summed E-state index contributed by atoms with van der Waals surface area (Å²) in [6, 6.07) is 2.08. The molecule has 0 aliphatic carbocycles. The monoisotopic (exact) mass is 218 g/mol. The summed E-state index contributed by atoms with van der Waals surface area (Å²) >= 11 is 5.44. The van der Waals surface area contributed by atoms with Gasteiger partial charge in [-0.05, 0) is 25.5 Å². The van der Waals surface area contributed by atoms with Crippen molar-refractivity contribution in [3.63, 3.8) is 0 Å². The maximum atomic E-state index is 13.1. The summed E-state index contributed by atoms with van der Waals surface area (Å²) in [4.78, 5) is 10.6. The number of carbonyl (C=O) groups excluding carboxylic acids is 1. The van der Waals surface area contributed by atoms with Gasteiger partial charge in [-0.2, -0.15) is 0 Å². The standard InChI is InChI=1S/C10H9ClF2O/c1-6(14)2-3-8-9(12)4-7(11)5-10(8)13/h4-5H,2-3H2,1H3. The summed E-state index contributed by atoms with van der Waals surface area (Å²) in [5.41, 5.74) is -0.0791. The zero-order valence-electron chi connectivity index (χ0n) is 7.61. The smallest absolute Gasteiger partial charge is 0.130 e. The molecule has 76 valence electrons. The van der Waals surface area contributed by atoms with E-state index >= 15 is 0 Å². The minimum Gasteiger partial charge on any atom is -0.300 e. The second-order valence-corrected chi connectivity index (χ2v) is 3.49. The molecule has 0 saturated carbocycles. The Morgan fingerprint density at radius 1 is 1.36 bits per heavy atom. The number of carbonyl (C=O) groups is 1. The molecule has 0 bridgehead atoms. The molecule has 0 radical (unpaired) electrons. The fourth-order valence-corrected chi connectivity index (χ4v) is 1.30. The van der Waals surface area contributed by atoms with Crippen molar-refractivity contribution in [1.82, 2.24) is 0 Å². The molecular formula is C10H9ClF2O. The number of hydrogen-bond acceptors (Lipinski definition) is 1. The van der Waals surface area contributed by atoms with E-state index in [4.69, 9.17) is 11.6 Å². The Kier molecular flexibility index (Phi) is 3.58. The van der Waals surface area contributed by atoms with Crippen molar-refractivity contribution in [3.8, 4) is 0 Å². The lowest BCUT2D eigenvalue weighted by Crippen LogP contribution is -2.00. The van der Waals surface area contributed by atoms with Gasteiger partial charge in [-0.3, -0.25) is 0 Å². The first kappa shape index (κ1) is 11.1. The zero-order chi connectivity index (χ0) is 10.7. The highest BCUT2D eigenvalue weighted by Crippen LogP contribution is 2.20. The fourth-order valence-electron chi connectivity index (χ4n) is 1.11. The zero-order valence-corrected chi connectivity index (χ0v) is 8.37. The van der Waals surface area contributed by atoms with Gasteiger partial charge in [0.15, 0.2) is 0 Å². The molecule has 1 aromatic rings. The van der Waals surface area contributed by atoms with Crippen LogP contribution in [0.25, 0.3) is 0 Å². The number of halogens is 3. The number of hydrogen-bond donors (Lipinski definition) is 0. The first-order valence-electron chi connectivity index (χ1n) is 4.13. The quantitative estimate of drug-likeness (QED) is 0.762. The average Bonchev–Trinajstić information content (AvgIpc) is 2.01. The molecule has 0 N–H and O–H groups in total. The summed E-state index contributed by atoms with van der Waals surface area (Å²) in [6.07, 6.45) is 0.208. The SMILES string of the molecule is CC(=O)CCc1c(F)cc(Cl)cc1F. The largest absolute Gasteiger partial charge is 0.300 e. The van der Waals surface area contributed by atoms with E-state index in [9.17, 15) is 13.6 Å². The Morgan fingerprint density at radius 3 is 2.29 bits per heavy atom. The van der Waals surface area contributed by atoms with Crippen LogP contribution in [0.3, 0.4) is 0 Å². The van der Waals surface area contributed by atoms with E-state index in [0.717, 1.165) is 12.1 Å². The Balaban J connectivity index is 2.91. The Bertz CT molecular complexity index is 340. The summed E-state index contributed by atoms with van der Waals surface area (Å²) in [6.45, 7) is 1.38. The molecular weight excluding hydrogens is 210 g/mol. The molecule has 14 heavy (non-hydrogen) atoms. The first-order chi connectivity index (χ1) is 6.50. The van der Waals surface area contributed by atoms with Gasteiger partial charge in [-0.1, -0.05) is 11.6 Å². The predicted molar refractivity (Wildman–Crippen MR) is 50.4 cm³/mol. The normalized spacial score (nSPS) is 10.3. The van der Waals surface area contributed by atoms with Crippen LogP contribution >= 0.6 is 11.6 Å². The minimum atomic E-state index is -0.698. The topological polar surface area (TPSA) is 17.1 Å². The Labute approximate surface area is 85.7 Å². The van der Waals surface area contributed by atoms with Gasteiger partial charge in [0.05, 0.1) is 0 Å². The number of rotatable bonds is 3. The van der Waals surface area contributed by atoms with E-state index in [0.29, 0.717) is 0 Å². The van der Waals surface area contributed by atoms with Crippen LogP contribution < -0.4 is 0 Å². The molecule has 0 aliphatic rings. The lowest BCUT2D eigenvalue weighted by Gasteiger charge is -2.03. The molecule has 1 aromatic carbocycles. The number of benzene rings is 1. The second kappa shape index (κ2) is 4.51. The van der Waals surface area contributed by atoms with E-state index in [1.165, 1.54) is 6.92 Å². The molecule has 0 saturated heterocycles. The van der Waals surface area contributed by atoms with Crippen LogP contribution in [0.1, 0.15) is 18.9 Å². The van der Waals surface area contributed by atoms with Gasteiger partial charge >= 0.3 is 0 Å². The molecule has 1 nitrogen and oxygen atoms in total.